The van der Waals surface area contributed by atoms with Crippen molar-refractivity contribution in [3.63, 3.8) is 0 Å². The van der Waals surface area contributed by atoms with Crippen molar-refractivity contribution in [2.24, 2.45) is 0 Å². The van der Waals surface area contributed by atoms with E-state index in [9.17, 15) is 16.8 Å². The summed E-state index contributed by atoms with van der Waals surface area (Å²) in [6.45, 7) is 0.258. The molecule has 0 atom stereocenters. The predicted molar refractivity (Wildman–Crippen MR) is 70.6 cm³/mol. The molecule has 0 aromatic carbocycles. The van der Waals surface area contributed by atoms with Gasteiger partial charge in [-0.2, -0.15) is 0 Å². The molecule has 0 saturated carbocycles. The van der Waals surface area contributed by atoms with Crippen molar-refractivity contribution >= 4 is 51.9 Å². The van der Waals surface area contributed by atoms with Gasteiger partial charge in [0.25, 0.3) is 0 Å². The molecule has 0 amide bonds. The summed E-state index contributed by atoms with van der Waals surface area (Å²) in [6.07, 6.45) is 3.05. The van der Waals surface area contributed by atoms with Crippen LogP contribution in [-0.4, -0.2) is 39.2 Å². The highest BCUT2D eigenvalue weighted by Crippen LogP contribution is 1.91. The fraction of sp³-hybridized carbons (Fsp3) is 0.667. The molecule has 6 nitrogen and oxygen atoms in total. The lowest BCUT2D eigenvalue weighted by Crippen LogP contribution is -2.26. The zero-order chi connectivity index (χ0) is 12.7. The van der Waals surface area contributed by atoms with Crippen molar-refractivity contribution in [2.75, 3.05) is 22.4 Å². The minimum atomic E-state index is -3.27. The lowest BCUT2D eigenvalue weighted by Gasteiger charge is -2.00. The lowest BCUT2D eigenvalue weighted by atomic mass is 10.5. The van der Waals surface area contributed by atoms with Gasteiger partial charge in [0, 0.05) is 13.1 Å². The molecule has 10 heteroatoms. The zero-order valence-electron chi connectivity index (χ0n) is 8.19. The monoisotopic (exact) mass is 398 g/mol. The zero-order valence-corrected chi connectivity index (χ0v) is 13.0. The smallest absolute Gasteiger partial charge is 0.212 e. The van der Waals surface area contributed by atoms with Crippen molar-refractivity contribution in [1.82, 2.24) is 9.44 Å². The second-order valence-electron chi connectivity index (χ2n) is 2.62. The van der Waals surface area contributed by atoms with Gasteiger partial charge in [-0.05, 0) is 0 Å². The van der Waals surface area contributed by atoms with E-state index in [0.29, 0.717) is 0 Å². The molecular weight excluding hydrogens is 388 g/mol. The normalized spacial score (nSPS) is 13.4. The number of halogens is 2. The van der Waals surface area contributed by atoms with Gasteiger partial charge in [0.05, 0.1) is 0 Å². The summed E-state index contributed by atoms with van der Waals surface area (Å²) in [5, 5.41) is 0. The van der Waals surface area contributed by atoms with E-state index in [-0.39, 0.29) is 22.4 Å². The second-order valence-corrected chi connectivity index (χ2v) is 8.84. The van der Waals surface area contributed by atoms with Gasteiger partial charge in [-0.15, -0.1) is 0 Å². The number of alkyl halides is 2. The summed E-state index contributed by atoms with van der Waals surface area (Å²) in [7, 11) is -6.54. The van der Waals surface area contributed by atoms with Crippen LogP contribution in [0.1, 0.15) is 0 Å². The average Bonchev–Trinajstić information content (AvgIpc) is 2.23. The van der Waals surface area contributed by atoms with Crippen LogP contribution < -0.4 is 9.44 Å². The number of hydrogen-bond donors (Lipinski definition) is 2. The summed E-state index contributed by atoms with van der Waals surface area (Å²) in [6, 6.07) is 0. The largest absolute Gasteiger partial charge is 0.221 e. The van der Waals surface area contributed by atoms with Gasteiger partial charge >= 0.3 is 0 Å². The molecule has 0 aliphatic carbocycles. The molecule has 0 saturated heterocycles. The standard InChI is InChI=1S/C6H12Br2N2O4S2/c7-5-15(11,12)9-3-1-2-4-10-16(13,14)6-8/h1-2,9-10H,3-6H2/b2-1-. The quantitative estimate of drug-likeness (QED) is 0.446. The van der Waals surface area contributed by atoms with Gasteiger partial charge in [-0.3, -0.25) is 0 Å². The summed E-state index contributed by atoms with van der Waals surface area (Å²) in [5.41, 5.74) is 0. The first-order valence-electron chi connectivity index (χ1n) is 4.04. The number of nitrogens with one attached hydrogen (secondary N) is 2. The van der Waals surface area contributed by atoms with E-state index in [1.807, 2.05) is 0 Å². The molecule has 0 unspecified atom stereocenters. The lowest BCUT2D eigenvalue weighted by molar-refractivity contribution is 0.588. The van der Waals surface area contributed by atoms with E-state index < -0.39 is 20.0 Å². The third-order valence-corrected chi connectivity index (χ3v) is 6.70. The molecule has 0 fully saturated rings. The Morgan fingerprint density at radius 1 is 0.812 bits per heavy atom. The van der Waals surface area contributed by atoms with Crippen LogP contribution in [0.5, 0.6) is 0 Å². The van der Waals surface area contributed by atoms with E-state index in [1.54, 1.807) is 0 Å². The van der Waals surface area contributed by atoms with Crippen LogP contribution in [0.3, 0.4) is 0 Å². The molecule has 0 radical (unpaired) electrons. The fourth-order valence-electron chi connectivity index (χ4n) is 0.594. The third-order valence-electron chi connectivity index (χ3n) is 1.30. The van der Waals surface area contributed by atoms with Crippen molar-refractivity contribution in [1.29, 1.82) is 0 Å². The van der Waals surface area contributed by atoms with Crippen LogP contribution >= 0.6 is 31.9 Å². The van der Waals surface area contributed by atoms with Gasteiger partial charge in [-0.1, -0.05) is 44.0 Å². The van der Waals surface area contributed by atoms with Gasteiger partial charge in [0.1, 0.15) is 9.32 Å². The maximum Gasteiger partial charge on any atom is 0.221 e. The Bertz CT molecular complexity index is 378. The number of hydrogen-bond acceptors (Lipinski definition) is 4. The van der Waals surface area contributed by atoms with Gasteiger partial charge < -0.3 is 0 Å². The molecule has 0 aromatic heterocycles. The highest BCUT2D eigenvalue weighted by Gasteiger charge is 2.05. The molecule has 0 spiro atoms. The van der Waals surface area contributed by atoms with E-state index in [2.05, 4.69) is 41.3 Å². The molecule has 0 heterocycles. The van der Waals surface area contributed by atoms with Crippen LogP contribution in [0.2, 0.25) is 0 Å². The highest BCUT2D eigenvalue weighted by molar-refractivity contribution is 9.11. The van der Waals surface area contributed by atoms with Crippen molar-refractivity contribution in [3.05, 3.63) is 12.2 Å². The Balaban J connectivity index is 3.81. The first-order valence-corrected chi connectivity index (χ1v) is 9.59. The van der Waals surface area contributed by atoms with E-state index in [1.165, 1.54) is 12.2 Å². The minimum absolute atomic E-state index is 0.129. The van der Waals surface area contributed by atoms with Crippen molar-refractivity contribution < 1.29 is 16.8 Å². The maximum atomic E-state index is 10.9. The predicted octanol–water partition coefficient (Wildman–Crippen LogP) is 0.0862. The molecule has 0 aliphatic rings. The molecule has 0 aliphatic heterocycles. The molecule has 96 valence electrons. The first-order chi connectivity index (χ1) is 7.33. The van der Waals surface area contributed by atoms with Gasteiger partial charge in [-0.25, -0.2) is 26.3 Å². The number of sulfonamides is 2. The molecule has 0 bridgehead atoms. The minimum Gasteiger partial charge on any atom is -0.212 e. The Morgan fingerprint density at radius 3 is 1.38 bits per heavy atom. The van der Waals surface area contributed by atoms with Crippen LogP contribution in [0, 0.1) is 0 Å². The van der Waals surface area contributed by atoms with E-state index in [4.69, 9.17) is 0 Å². The van der Waals surface area contributed by atoms with Gasteiger partial charge in [0.15, 0.2) is 0 Å². The highest BCUT2D eigenvalue weighted by atomic mass is 79.9. The Labute approximate surface area is 112 Å². The third kappa shape index (κ3) is 8.65. The SMILES string of the molecule is O=S(=O)(CBr)NC/C=C\CNS(=O)(=O)CBr. The number of rotatable bonds is 8. The first kappa shape index (κ1) is 16.5. The summed E-state index contributed by atoms with van der Waals surface area (Å²) >= 11 is 5.64. The van der Waals surface area contributed by atoms with Crippen LogP contribution in [0.15, 0.2) is 12.2 Å². The summed E-state index contributed by atoms with van der Waals surface area (Å²) in [5.74, 6) is 0. The van der Waals surface area contributed by atoms with Gasteiger partial charge in [0.2, 0.25) is 20.0 Å². The second kappa shape index (κ2) is 7.77. The van der Waals surface area contributed by atoms with E-state index in [0.717, 1.165) is 0 Å². The van der Waals surface area contributed by atoms with Crippen molar-refractivity contribution in [3.8, 4) is 0 Å². The summed E-state index contributed by atoms with van der Waals surface area (Å²) < 4.78 is 47.9. The van der Waals surface area contributed by atoms with Crippen LogP contribution in [-0.2, 0) is 20.0 Å². The van der Waals surface area contributed by atoms with Crippen molar-refractivity contribution in [2.45, 2.75) is 0 Å². The Hall–Kier alpha value is 0.520. The maximum absolute atomic E-state index is 10.9. The Kier molecular flexibility index (Phi) is 8.02. The van der Waals surface area contributed by atoms with Crippen LogP contribution in [0.4, 0.5) is 0 Å². The summed E-state index contributed by atoms with van der Waals surface area (Å²) in [4.78, 5) is 0. The average molecular weight is 400 g/mol. The molecule has 2 N–H and O–H groups in total. The van der Waals surface area contributed by atoms with E-state index >= 15 is 0 Å². The Morgan fingerprint density at radius 2 is 1.12 bits per heavy atom. The molecular formula is C6H12Br2N2O4S2. The van der Waals surface area contributed by atoms with Crippen LogP contribution in [0.25, 0.3) is 0 Å². The fourth-order valence-corrected chi connectivity index (χ4v) is 2.42. The topological polar surface area (TPSA) is 92.3 Å². The molecule has 0 rings (SSSR count). The molecule has 16 heavy (non-hydrogen) atoms. The molecule has 0 aromatic rings.